The van der Waals surface area contributed by atoms with Crippen LogP contribution in [0.1, 0.15) is 11.1 Å². The predicted octanol–water partition coefficient (Wildman–Crippen LogP) is 1.80. The maximum absolute atomic E-state index is 13.3. The van der Waals surface area contributed by atoms with Crippen molar-refractivity contribution < 1.29 is 18.8 Å². The topological polar surface area (TPSA) is 120 Å². The molecule has 2 rings (SSSR count). The summed E-state index contributed by atoms with van der Waals surface area (Å²) in [4.78, 5) is 19.7. The minimum absolute atomic E-state index is 0.147. The zero-order valence-electron chi connectivity index (χ0n) is 11.4. The fourth-order valence-corrected chi connectivity index (χ4v) is 1.91. The first-order valence-corrected chi connectivity index (χ1v) is 6.02. The van der Waals surface area contributed by atoms with E-state index < -0.39 is 17.4 Å². The van der Waals surface area contributed by atoms with Crippen molar-refractivity contribution in [3.63, 3.8) is 0 Å². The third kappa shape index (κ3) is 2.69. The van der Waals surface area contributed by atoms with Crippen molar-refractivity contribution in [2.75, 3.05) is 13.7 Å². The standard InChI is InChI=1S/C13H10FN5O3/c1-21-12(20)13(7-17-19-16)5-11(18-22-13)8-2-3-10(14)9(4-8)6-15/h2-5,18H,7H2,1H3. The van der Waals surface area contributed by atoms with Crippen LogP contribution >= 0.6 is 0 Å². The number of benzene rings is 1. The van der Waals surface area contributed by atoms with Gasteiger partial charge in [0.1, 0.15) is 11.9 Å². The summed E-state index contributed by atoms with van der Waals surface area (Å²) in [5.41, 5.74) is 9.92. The molecule has 9 heteroatoms. The van der Waals surface area contributed by atoms with Gasteiger partial charge >= 0.3 is 5.97 Å². The fourth-order valence-electron chi connectivity index (χ4n) is 1.91. The molecule has 0 fully saturated rings. The van der Waals surface area contributed by atoms with E-state index in [2.05, 4.69) is 20.2 Å². The first kappa shape index (κ1) is 15.3. The molecule has 1 aliphatic heterocycles. The minimum Gasteiger partial charge on any atom is -0.467 e. The Morgan fingerprint density at radius 2 is 2.45 bits per heavy atom. The van der Waals surface area contributed by atoms with Crippen molar-refractivity contribution in [3.05, 3.63) is 51.7 Å². The van der Waals surface area contributed by atoms with Gasteiger partial charge in [0.25, 0.3) is 0 Å². The molecule has 0 radical (unpaired) electrons. The Kier molecular flexibility index (Phi) is 4.27. The number of halogens is 1. The van der Waals surface area contributed by atoms with Gasteiger partial charge in [0, 0.05) is 10.5 Å². The van der Waals surface area contributed by atoms with Gasteiger partial charge < -0.3 is 4.74 Å². The summed E-state index contributed by atoms with van der Waals surface area (Å²) in [5, 5.41) is 12.2. The van der Waals surface area contributed by atoms with E-state index in [0.29, 0.717) is 11.3 Å². The molecule has 0 amide bonds. The summed E-state index contributed by atoms with van der Waals surface area (Å²) >= 11 is 0. The molecule has 112 valence electrons. The maximum atomic E-state index is 13.3. The smallest absolute Gasteiger partial charge is 0.345 e. The summed E-state index contributed by atoms with van der Waals surface area (Å²) in [6.45, 7) is -0.320. The molecule has 1 aromatic carbocycles. The van der Waals surface area contributed by atoms with Gasteiger partial charge in [0.05, 0.1) is 24.9 Å². The van der Waals surface area contributed by atoms with Crippen LogP contribution in [0.2, 0.25) is 0 Å². The first-order valence-electron chi connectivity index (χ1n) is 6.02. The van der Waals surface area contributed by atoms with Gasteiger partial charge in [-0.3, -0.25) is 10.3 Å². The van der Waals surface area contributed by atoms with Crippen LogP contribution in [0.25, 0.3) is 16.1 Å². The molecule has 1 heterocycles. The molecule has 0 saturated heterocycles. The van der Waals surface area contributed by atoms with E-state index in [1.165, 1.54) is 25.3 Å². The average Bonchev–Trinajstić information content (AvgIpc) is 2.98. The zero-order valence-corrected chi connectivity index (χ0v) is 11.4. The Bertz CT molecular complexity index is 736. The summed E-state index contributed by atoms with van der Waals surface area (Å²) in [6, 6.07) is 5.57. The number of carbonyl (C=O) groups is 1. The molecule has 1 aliphatic rings. The monoisotopic (exact) mass is 303 g/mol. The van der Waals surface area contributed by atoms with E-state index in [4.69, 9.17) is 15.6 Å². The number of nitrogens with one attached hydrogen (secondary N) is 1. The second kappa shape index (κ2) is 6.13. The average molecular weight is 303 g/mol. The normalized spacial score (nSPS) is 19.4. The molecule has 22 heavy (non-hydrogen) atoms. The lowest BCUT2D eigenvalue weighted by atomic mass is 10.0. The number of methoxy groups -OCH3 is 1. The van der Waals surface area contributed by atoms with Crippen LogP contribution < -0.4 is 5.48 Å². The van der Waals surface area contributed by atoms with Gasteiger partial charge in [-0.05, 0) is 29.8 Å². The van der Waals surface area contributed by atoms with Crippen LogP contribution in [0.3, 0.4) is 0 Å². The number of esters is 1. The maximum Gasteiger partial charge on any atom is 0.345 e. The second-order valence-electron chi connectivity index (χ2n) is 4.34. The highest BCUT2D eigenvalue weighted by Gasteiger charge is 2.44. The molecule has 1 aromatic rings. The molecule has 0 aliphatic carbocycles. The Hall–Kier alpha value is -3.08. The molecule has 1 N–H and O–H groups in total. The third-order valence-electron chi connectivity index (χ3n) is 3.02. The lowest BCUT2D eigenvalue weighted by Crippen LogP contribution is -2.42. The van der Waals surface area contributed by atoms with Crippen LogP contribution in [0, 0.1) is 17.1 Å². The number of carbonyl (C=O) groups excluding carboxylic acids is 1. The number of hydroxylamine groups is 1. The number of ether oxygens (including phenoxy) is 1. The van der Waals surface area contributed by atoms with Crippen LogP contribution in [-0.4, -0.2) is 25.2 Å². The SMILES string of the molecule is COC(=O)C1(CN=[N+]=[N-])C=C(c2ccc(F)c(C#N)c2)NO1. The van der Waals surface area contributed by atoms with Crippen molar-refractivity contribution in [3.8, 4) is 6.07 Å². The Morgan fingerprint density at radius 3 is 3.09 bits per heavy atom. The number of hydrogen-bond acceptors (Lipinski definition) is 6. The lowest BCUT2D eigenvalue weighted by Gasteiger charge is -2.19. The van der Waals surface area contributed by atoms with E-state index >= 15 is 0 Å². The summed E-state index contributed by atoms with van der Waals surface area (Å²) in [7, 11) is 1.17. The molecular weight excluding hydrogens is 293 g/mol. The lowest BCUT2D eigenvalue weighted by molar-refractivity contribution is -0.164. The largest absolute Gasteiger partial charge is 0.467 e. The number of rotatable bonds is 4. The number of hydrogen-bond donors (Lipinski definition) is 1. The Labute approximate surface area is 124 Å². The van der Waals surface area contributed by atoms with Crippen molar-refractivity contribution in [2.24, 2.45) is 5.11 Å². The summed E-state index contributed by atoms with van der Waals surface area (Å²) < 4.78 is 18.0. The molecule has 0 saturated carbocycles. The summed E-state index contributed by atoms with van der Waals surface area (Å²) in [5.74, 6) is -1.41. The van der Waals surface area contributed by atoms with E-state index in [-0.39, 0.29) is 12.1 Å². The van der Waals surface area contributed by atoms with E-state index in [0.717, 1.165) is 6.07 Å². The van der Waals surface area contributed by atoms with Crippen LogP contribution in [0.5, 0.6) is 0 Å². The number of nitriles is 1. The molecule has 1 unspecified atom stereocenters. The zero-order chi connectivity index (χ0) is 16.2. The van der Waals surface area contributed by atoms with Gasteiger partial charge in [0.15, 0.2) is 0 Å². The van der Waals surface area contributed by atoms with Gasteiger partial charge in [-0.2, -0.15) is 5.26 Å². The van der Waals surface area contributed by atoms with Crippen molar-refractivity contribution in [1.82, 2.24) is 5.48 Å². The highest BCUT2D eigenvalue weighted by molar-refractivity contribution is 5.87. The predicted molar refractivity (Wildman–Crippen MR) is 72.1 cm³/mol. The van der Waals surface area contributed by atoms with Crippen LogP contribution in [0.15, 0.2) is 29.4 Å². The number of nitrogens with zero attached hydrogens (tertiary/aromatic N) is 4. The quantitative estimate of drug-likeness (QED) is 0.393. The molecular formula is C13H10FN5O3. The van der Waals surface area contributed by atoms with Crippen molar-refractivity contribution >= 4 is 11.7 Å². The fraction of sp³-hybridized carbons (Fsp3) is 0.231. The van der Waals surface area contributed by atoms with Crippen molar-refractivity contribution in [1.29, 1.82) is 5.26 Å². The highest BCUT2D eigenvalue weighted by atomic mass is 19.1. The third-order valence-corrected chi connectivity index (χ3v) is 3.02. The van der Waals surface area contributed by atoms with E-state index in [9.17, 15) is 9.18 Å². The minimum atomic E-state index is -1.61. The van der Waals surface area contributed by atoms with Gasteiger partial charge in [-0.1, -0.05) is 5.11 Å². The molecule has 0 bridgehead atoms. The van der Waals surface area contributed by atoms with Crippen LogP contribution in [-0.2, 0) is 14.4 Å². The Balaban J connectivity index is 2.43. The Morgan fingerprint density at radius 1 is 1.68 bits per heavy atom. The first-order chi connectivity index (χ1) is 10.6. The van der Waals surface area contributed by atoms with Crippen molar-refractivity contribution in [2.45, 2.75) is 5.60 Å². The van der Waals surface area contributed by atoms with E-state index in [1.807, 2.05) is 0 Å². The van der Waals surface area contributed by atoms with Crippen LogP contribution in [0.4, 0.5) is 4.39 Å². The van der Waals surface area contributed by atoms with Gasteiger partial charge in [-0.25, -0.2) is 9.18 Å². The van der Waals surface area contributed by atoms with Gasteiger partial charge in [0.2, 0.25) is 5.60 Å². The molecule has 0 spiro atoms. The molecule has 8 nitrogen and oxygen atoms in total. The molecule has 0 aromatic heterocycles. The van der Waals surface area contributed by atoms with Gasteiger partial charge in [-0.15, -0.1) is 0 Å². The summed E-state index contributed by atoms with van der Waals surface area (Å²) in [6.07, 6.45) is 1.36. The van der Waals surface area contributed by atoms with E-state index in [1.54, 1.807) is 6.07 Å². The second-order valence-corrected chi connectivity index (χ2v) is 4.34. The highest BCUT2D eigenvalue weighted by Crippen LogP contribution is 2.28. The number of azide groups is 1. The molecule has 1 atom stereocenters.